The van der Waals surface area contributed by atoms with Gasteiger partial charge in [0.05, 0.1) is 11.5 Å². The van der Waals surface area contributed by atoms with Gasteiger partial charge in [0.1, 0.15) is 0 Å². The van der Waals surface area contributed by atoms with Gasteiger partial charge >= 0.3 is 5.69 Å². The van der Waals surface area contributed by atoms with Crippen LogP contribution >= 0.6 is 0 Å². The largest absolute Gasteiger partial charge is 0.377 e. The zero-order chi connectivity index (χ0) is 12.7. The molecule has 0 aliphatic heterocycles. The lowest BCUT2D eigenvalue weighted by Gasteiger charge is -2.03. The van der Waals surface area contributed by atoms with Crippen molar-refractivity contribution in [3.63, 3.8) is 0 Å². The summed E-state index contributed by atoms with van der Waals surface area (Å²) in [7, 11) is 0. The molecule has 0 saturated heterocycles. The fraction of sp³-hybridized carbons (Fsp3) is 0.333. The summed E-state index contributed by atoms with van der Waals surface area (Å²) in [5.41, 5.74) is 0.0760. The lowest BCUT2D eigenvalue weighted by Crippen LogP contribution is -1.98. The quantitative estimate of drug-likeness (QED) is 0.318. The molecule has 0 aromatic heterocycles. The highest BCUT2D eigenvalue weighted by Crippen LogP contribution is 2.18. The van der Waals surface area contributed by atoms with Crippen LogP contribution in [-0.4, -0.2) is 11.5 Å². The molecule has 1 aromatic carbocycles. The minimum absolute atomic E-state index is 0.256. The maximum atomic E-state index is 13.2. The van der Waals surface area contributed by atoms with Gasteiger partial charge in [-0.2, -0.15) is 4.39 Å². The molecule has 0 aliphatic rings. The van der Waals surface area contributed by atoms with Gasteiger partial charge in [0.2, 0.25) is 5.82 Å². The van der Waals surface area contributed by atoms with E-state index in [0.29, 0.717) is 12.2 Å². The Hall–Kier alpha value is -1.75. The second-order valence-corrected chi connectivity index (χ2v) is 3.53. The van der Waals surface area contributed by atoms with Gasteiger partial charge in [-0.05, 0) is 30.5 Å². The molecule has 5 heteroatoms. The molecule has 0 saturated carbocycles. The fourth-order valence-electron chi connectivity index (χ4n) is 1.31. The first-order valence-electron chi connectivity index (χ1n) is 5.26. The summed E-state index contributed by atoms with van der Waals surface area (Å²) >= 11 is 0. The first-order chi connectivity index (χ1) is 8.15. The molecule has 4 nitrogen and oxygen atoms in total. The molecule has 0 aliphatic carbocycles. The van der Waals surface area contributed by atoms with Crippen LogP contribution in [0.2, 0.25) is 0 Å². The van der Waals surface area contributed by atoms with Crippen molar-refractivity contribution in [3.8, 4) is 0 Å². The highest BCUT2D eigenvalue weighted by atomic mass is 19.1. The van der Waals surface area contributed by atoms with Gasteiger partial charge in [-0.1, -0.05) is 6.08 Å². The van der Waals surface area contributed by atoms with E-state index >= 15 is 0 Å². The number of allylic oxidation sites excluding steroid dienone is 1. The van der Waals surface area contributed by atoms with E-state index < -0.39 is 16.4 Å². The van der Waals surface area contributed by atoms with Gasteiger partial charge in [0.25, 0.3) is 0 Å². The Balaban J connectivity index is 2.47. The van der Waals surface area contributed by atoms with Gasteiger partial charge in [-0.15, -0.1) is 6.58 Å². The lowest BCUT2D eigenvalue weighted by molar-refractivity contribution is -0.387. The van der Waals surface area contributed by atoms with Crippen LogP contribution in [0.3, 0.4) is 0 Å². The molecule has 0 radical (unpaired) electrons. The molecular formula is C12H14FNO3. The Labute approximate surface area is 98.9 Å². The summed E-state index contributed by atoms with van der Waals surface area (Å²) in [6, 6.07) is 3.78. The van der Waals surface area contributed by atoms with Gasteiger partial charge in [0.15, 0.2) is 0 Å². The van der Waals surface area contributed by atoms with Crippen molar-refractivity contribution in [2.24, 2.45) is 0 Å². The Morgan fingerprint density at radius 2 is 2.29 bits per heavy atom. The van der Waals surface area contributed by atoms with Crippen LogP contribution in [0.5, 0.6) is 0 Å². The van der Waals surface area contributed by atoms with E-state index in [2.05, 4.69) is 6.58 Å². The summed E-state index contributed by atoms with van der Waals surface area (Å²) in [6.07, 6.45) is 3.53. The maximum absolute atomic E-state index is 13.2. The first-order valence-corrected chi connectivity index (χ1v) is 5.26. The van der Waals surface area contributed by atoms with Crippen LogP contribution in [0.4, 0.5) is 10.1 Å². The van der Waals surface area contributed by atoms with Crippen molar-refractivity contribution in [2.45, 2.75) is 19.4 Å². The topological polar surface area (TPSA) is 52.4 Å². The zero-order valence-corrected chi connectivity index (χ0v) is 9.39. The van der Waals surface area contributed by atoms with E-state index in [1.54, 1.807) is 6.08 Å². The molecule has 0 N–H and O–H groups in total. The average Bonchev–Trinajstić information content (AvgIpc) is 2.28. The summed E-state index contributed by atoms with van der Waals surface area (Å²) in [6.45, 7) is 4.40. The van der Waals surface area contributed by atoms with Gasteiger partial charge in [0, 0.05) is 12.7 Å². The molecule has 17 heavy (non-hydrogen) atoms. The van der Waals surface area contributed by atoms with Crippen molar-refractivity contribution in [2.75, 3.05) is 6.61 Å². The van der Waals surface area contributed by atoms with Crippen molar-refractivity contribution in [3.05, 3.63) is 52.3 Å². The van der Waals surface area contributed by atoms with E-state index in [9.17, 15) is 14.5 Å². The van der Waals surface area contributed by atoms with E-state index in [-0.39, 0.29) is 6.61 Å². The third kappa shape index (κ3) is 4.32. The number of hydrogen-bond acceptors (Lipinski definition) is 3. The monoisotopic (exact) mass is 239 g/mol. The molecule has 0 fully saturated rings. The smallest absolute Gasteiger partial charge is 0.304 e. The Morgan fingerprint density at radius 1 is 1.53 bits per heavy atom. The predicted octanol–water partition coefficient (Wildman–Crippen LogP) is 3.22. The molecule has 0 atom stereocenters. The lowest BCUT2D eigenvalue weighted by atomic mass is 10.2. The van der Waals surface area contributed by atoms with E-state index in [1.165, 1.54) is 6.07 Å². The number of rotatable bonds is 7. The minimum atomic E-state index is -0.831. The summed E-state index contributed by atoms with van der Waals surface area (Å²) in [5.74, 6) is -0.831. The van der Waals surface area contributed by atoms with Gasteiger partial charge in [-0.3, -0.25) is 10.1 Å². The second kappa shape index (κ2) is 6.75. The predicted molar refractivity (Wildman–Crippen MR) is 62.1 cm³/mol. The molecule has 0 spiro atoms. The third-order valence-corrected chi connectivity index (χ3v) is 2.17. The van der Waals surface area contributed by atoms with Crippen LogP contribution in [0.1, 0.15) is 18.4 Å². The number of nitro benzene ring substituents is 1. The SMILES string of the molecule is C=CCCCOCc1ccc([N+](=O)[O-])c(F)c1. The Kier molecular flexibility index (Phi) is 5.29. The molecule has 0 amide bonds. The minimum Gasteiger partial charge on any atom is -0.377 e. The van der Waals surface area contributed by atoms with E-state index in [0.717, 1.165) is 25.0 Å². The van der Waals surface area contributed by atoms with Crippen LogP contribution < -0.4 is 0 Å². The number of nitro groups is 1. The number of unbranched alkanes of at least 4 members (excludes halogenated alkanes) is 1. The van der Waals surface area contributed by atoms with Crippen molar-refractivity contribution in [1.82, 2.24) is 0 Å². The molecular weight excluding hydrogens is 225 g/mol. The Morgan fingerprint density at radius 3 is 2.88 bits per heavy atom. The van der Waals surface area contributed by atoms with E-state index in [1.807, 2.05) is 0 Å². The summed E-state index contributed by atoms with van der Waals surface area (Å²) < 4.78 is 18.5. The second-order valence-electron chi connectivity index (χ2n) is 3.53. The average molecular weight is 239 g/mol. The number of nitrogens with zero attached hydrogens (tertiary/aromatic N) is 1. The number of ether oxygens (including phenoxy) is 1. The Bertz CT molecular complexity index is 407. The molecule has 92 valence electrons. The van der Waals surface area contributed by atoms with Crippen LogP contribution in [-0.2, 0) is 11.3 Å². The maximum Gasteiger partial charge on any atom is 0.304 e. The summed E-state index contributed by atoms with van der Waals surface area (Å²) in [5, 5.41) is 10.4. The molecule has 1 rings (SSSR count). The van der Waals surface area contributed by atoms with Crippen molar-refractivity contribution in [1.29, 1.82) is 0 Å². The standard InChI is InChI=1S/C12H14FNO3/c1-2-3-4-7-17-9-10-5-6-12(14(15)16)11(13)8-10/h2,5-6,8H,1,3-4,7,9H2. The zero-order valence-electron chi connectivity index (χ0n) is 9.39. The molecule has 1 aromatic rings. The van der Waals surface area contributed by atoms with E-state index in [4.69, 9.17) is 4.74 Å². The molecule has 0 bridgehead atoms. The highest BCUT2D eigenvalue weighted by molar-refractivity contribution is 5.34. The number of hydrogen-bond donors (Lipinski definition) is 0. The van der Waals surface area contributed by atoms with Crippen LogP contribution in [0.15, 0.2) is 30.9 Å². The number of benzene rings is 1. The normalized spacial score (nSPS) is 10.2. The van der Waals surface area contributed by atoms with Crippen molar-refractivity contribution < 1.29 is 14.1 Å². The van der Waals surface area contributed by atoms with Gasteiger partial charge in [-0.25, -0.2) is 0 Å². The van der Waals surface area contributed by atoms with Crippen LogP contribution in [0.25, 0.3) is 0 Å². The highest BCUT2D eigenvalue weighted by Gasteiger charge is 2.13. The number of halogens is 1. The fourth-order valence-corrected chi connectivity index (χ4v) is 1.31. The van der Waals surface area contributed by atoms with Crippen LogP contribution in [0, 0.1) is 15.9 Å². The van der Waals surface area contributed by atoms with Crippen molar-refractivity contribution >= 4 is 5.69 Å². The summed E-state index contributed by atoms with van der Waals surface area (Å²) in [4.78, 5) is 9.64. The third-order valence-electron chi connectivity index (χ3n) is 2.17. The molecule has 0 unspecified atom stereocenters. The van der Waals surface area contributed by atoms with Gasteiger partial charge < -0.3 is 4.74 Å². The first kappa shape index (κ1) is 13.3. The molecule has 0 heterocycles.